The van der Waals surface area contributed by atoms with Gasteiger partial charge in [-0.3, -0.25) is 4.79 Å². The molecular formula is C19H26N4O4. The Morgan fingerprint density at radius 3 is 2.89 bits per heavy atom. The summed E-state index contributed by atoms with van der Waals surface area (Å²) < 4.78 is 5.75. The van der Waals surface area contributed by atoms with Crippen LogP contribution in [0.5, 0.6) is 0 Å². The summed E-state index contributed by atoms with van der Waals surface area (Å²) in [6.45, 7) is 2.30. The van der Waals surface area contributed by atoms with Crippen LogP contribution in [-0.2, 0) is 16.1 Å². The molecule has 4 rings (SSSR count). The number of urea groups is 1. The summed E-state index contributed by atoms with van der Waals surface area (Å²) in [5.41, 5.74) is 2.99. The topological polar surface area (TPSA) is 103 Å². The van der Waals surface area contributed by atoms with Crippen LogP contribution in [0.1, 0.15) is 36.5 Å². The highest BCUT2D eigenvalue weighted by molar-refractivity contribution is 5.84. The van der Waals surface area contributed by atoms with Gasteiger partial charge >= 0.3 is 6.03 Å². The Morgan fingerprint density at radius 2 is 2.07 bits per heavy atom. The van der Waals surface area contributed by atoms with Crippen LogP contribution < -0.4 is 16.0 Å². The summed E-state index contributed by atoms with van der Waals surface area (Å²) in [7, 11) is 0. The van der Waals surface area contributed by atoms with E-state index in [1.807, 2.05) is 18.2 Å². The molecule has 3 heterocycles. The molecule has 4 N–H and O–H groups in total. The molecule has 2 bridgehead atoms. The zero-order valence-corrected chi connectivity index (χ0v) is 15.2. The smallest absolute Gasteiger partial charge is 0.315 e. The monoisotopic (exact) mass is 374 g/mol. The first-order chi connectivity index (χ1) is 13.1. The number of hydrogen-bond acceptors (Lipinski definition) is 5. The fraction of sp³-hybridized carbons (Fsp3) is 0.579. The summed E-state index contributed by atoms with van der Waals surface area (Å²) in [5, 5.41) is 18.7. The number of aliphatic hydroxyl groups excluding tert-OH is 1. The number of carbonyl (C=O) groups excluding carboxylic acids is 2. The molecule has 3 atom stereocenters. The molecule has 8 nitrogen and oxygen atoms in total. The van der Waals surface area contributed by atoms with Crippen LogP contribution in [0.2, 0.25) is 0 Å². The summed E-state index contributed by atoms with van der Waals surface area (Å²) in [5.74, 6) is -0.0336. The molecule has 2 fully saturated rings. The Kier molecular flexibility index (Phi) is 5.18. The van der Waals surface area contributed by atoms with Gasteiger partial charge in [-0.1, -0.05) is 6.07 Å². The van der Waals surface area contributed by atoms with Crippen molar-refractivity contribution in [2.45, 2.75) is 44.1 Å². The first kappa shape index (κ1) is 18.1. The number of amides is 3. The minimum atomic E-state index is -0.484. The number of benzene rings is 1. The highest BCUT2D eigenvalue weighted by atomic mass is 16.5. The maximum Gasteiger partial charge on any atom is 0.315 e. The van der Waals surface area contributed by atoms with E-state index in [0.717, 1.165) is 49.2 Å². The zero-order chi connectivity index (χ0) is 18.8. The molecular weight excluding hydrogens is 348 g/mol. The van der Waals surface area contributed by atoms with Gasteiger partial charge in [-0.05, 0) is 30.5 Å². The van der Waals surface area contributed by atoms with Crippen molar-refractivity contribution in [1.29, 1.82) is 0 Å². The Bertz CT molecular complexity index is 720. The van der Waals surface area contributed by atoms with E-state index in [-0.39, 0.29) is 30.6 Å². The second-order valence-corrected chi connectivity index (χ2v) is 7.42. The molecule has 27 heavy (non-hydrogen) atoms. The molecule has 8 heteroatoms. The van der Waals surface area contributed by atoms with Gasteiger partial charge in [-0.2, -0.15) is 0 Å². The van der Waals surface area contributed by atoms with E-state index in [4.69, 9.17) is 4.74 Å². The highest BCUT2D eigenvalue weighted by Crippen LogP contribution is 2.39. The number of aliphatic hydroxyl groups is 1. The van der Waals surface area contributed by atoms with Crippen LogP contribution in [0.15, 0.2) is 18.2 Å². The van der Waals surface area contributed by atoms with Gasteiger partial charge in [-0.15, -0.1) is 0 Å². The molecule has 2 saturated heterocycles. The molecule has 0 spiro atoms. The van der Waals surface area contributed by atoms with Gasteiger partial charge in [0.15, 0.2) is 0 Å². The van der Waals surface area contributed by atoms with Crippen molar-refractivity contribution < 1.29 is 19.4 Å². The fourth-order valence-electron chi connectivity index (χ4n) is 3.96. The van der Waals surface area contributed by atoms with Crippen molar-refractivity contribution in [2.24, 2.45) is 0 Å². The van der Waals surface area contributed by atoms with E-state index in [1.165, 1.54) is 0 Å². The van der Waals surface area contributed by atoms with Gasteiger partial charge in [-0.25, -0.2) is 4.79 Å². The number of hydrogen-bond donors (Lipinski definition) is 4. The second kappa shape index (κ2) is 7.74. The lowest BCUT2D eigenvalue weighted by atomic mass is 9.89. The van der Waals surface area contributed by atoms with Crippen LogP contribution >= 0.6 is 0 Å². The average Bonchev–Trinajstić information content (AvgIpc) is 3.22. The Balaban J connectivity index is 1.29. The van der Waals surface area contributed by atoms with Crippen LogP contribution in [0.25, 0.3) is 0 Å². The maximum absolute atomic E-state index is 12.0. The van der Waals surface area contributed by atoms with Crippen molar-refractivity contribution >= 4 is 17.6 Å². The van der Waals surface area contributed by atoms with Crippen LogP contribution in [-0.4, -0.2) is 60.3 Å². The molecule has 1 aromatic rings. The lowest BCUT2D eigenvalue weighted by molar-refractivity contribution is -0.128. The van der Waals surface area contributed by atoms with Gasteiger partial charge in [0, 0.05) is 37.3 Å². The Morgan fingerprint density at radius 1 is 1.26 bits per heavy atom. The number of ether oxygens (including phenoxy) is 1. The highest BCUT2D eigenvalue weighted by Gasteiger charge is 2.36. The summed E-state index contributed by atoms with van der Waals surface area (Å²) in [6, 6.07) is 5.60. The quantitative estimate of drug-likeness (QED) is 0.622. The van der Waals surface area contributed by atoms with Crippen molar-refractivity contribution in [3.8, 4) is 0 Å². The largest absolute Gasteiger partial charge is 0.389 e. The molecule has 3 aliphatic heterocycles. The third-order valence-electron chi connectivity index (χ3n) is 5.52. The Labute approximate surface area is 158 Å². The Hall–Kier alpha value is -2.32. The third-order valence-corrected chi connectivity index (χ3v) is 5.52. The minimum Gasteiger partial charge on any atom is -0.389 e. The van der Waals surface area contributed by atoms with E-state index < -0.39 is 6.10 Å². The molecule has 0 aliphatic carbocycles. The molecule has 146 valence electrons. The molecule has 3 aliphatic rings. The zero-order valence-electron chi connectivity index (χ0n) is 15.2. The SMILES string of the molecule is O=C(NCC(=O)N1CCCC1)NCc1ccc2c(c1)[C@H]1CC(N2)[C@H](O)CO1. The predicted molar refractivity (Wildman–Crippen MR) is 99.2 cm³/mol. The van der Waals surface area contributed by atoms with Crippen molar-refractivity contribution in [3.05, 3.63) is 29.3 Å². The van der Waals surface area contributed by atoms with Crippen molar-refractivity contribution in [3.63, 3.8) is 0 Å². The standard InChI is InChI=1S/C19H26N4O4/c24-16-11-27-17-8-15(16)22-14-4-3-12(7-13(14)17)9-20-19(26)21-10-18(25)23-5-1-2-6-23/h3-4,7,15-17,22,24H,1-2,5-6,8-11H2,(H2,20,21,26)/t15?,16-,17-/m1/s1. The normalized spacial score (nSPS) is 26.1. The number of fused-ring (bicyclic) bond motifs is 4. The molecule has 0 aromatic heterocycles. The number of nitrogens with one attached hydrogen (secondary N) is 3. The summed E-state index contributed by atoms with van der Waals surface area (Å²) >= 11 is 0. The number of nitrogens with zero attached hydrogens (tertiary/aromatic N) is 1. The third kappa shape index (κ3) is 4.01. The lowest BCUT2D eigenvalue weighted by Gasteiger charge is -2.40. The number of carbonyl (C=O) groups is 2. The van der Waals surface area contributed by atoms with Crippen LogP contribution in [0.3, 0.4) is 0 Å². The number of likely N-dealkylation sites (tertiary alicyclic amines) is 1. The molecule has 0 radical (unpaired) electrons. The van der Waals surface area contributed by atoms with Gasteiger partial charge in [0.05, 0.1) is 31.4 Å². The summed E-state index contributed by atoms with van der Waals surface area (Å²) in [6.07, 6.45) is 2.30. The van der Waals surface area contributed by atoms with E-state index >= 15 is 0 Å². The molecule has 1 aromatic carbocycles. The van der Waals surface area contributed by atoms with E-state index in [0.29, 0.717) is 13.2 Å². The van der Waals surface area contributed by atoms with Gasteiger partial charge in [0.1, 0.15) is 0 Å². The van der Waals surface area contributed by atoms with Gasteiger partial charge in [0.25, 0.3) is 0 Å². The second-order valence-electron chi connectivity index (χ2n) is 7.42. The predicted octanol–water partition coefficient (Wildman–Crippen LogP) is 0.725. The number of rotatable bonds is 4. The van der Waals surface area contributed by atoms with Crippen LogP contribution in [0, 0.1) is 0 Å². The van der Waals surface area contributed by atoms with E-state index in [1.54, 1.807) is 4.90 Å². The van der Waals surface area contributed by atoms with Crippen molar-refractivity contribution in [1.82, 2.24) is 15.5 Å². The first-order valence-corrected chi connectivity index (χ1v) is 9.58. The maximum atomic E-state index is 12.0. The summed E-state index contributed by atoms with van der Waals surface area (Å²) in [4.78, 5) is 25.7. The average molecular weight is 374 g/mol. The van der Waals surface area contributed by atoms with Gasteiger partial charge < -0.3 is 30.7 Å². The number of anilines is 1. The molecule has 3 amide bonds. The van der Waals surface area contributed by atoms with Crippen LogP contribution in [0.4, 0.5) is 10.5 Å². The van der Waals surface area contributed by atoms with E-state index in [9.17, 15) is 14.7 Å². The van der Waals surface area contributed by atoms with Gasteiger partial charge in [0.2, 0.25) is 5.91 Å². The van der Waals surface area contributed by atoms with E-state index in [2.05, 4.69) is 16.0 Å². The van der Waals surface area contributed by atoms with Crippen molar-refractivity contribution in [2.75, 3.05) is 31.6 Å². The molecule has 0 saturated carbocycles. The lowest BCUT2D eigenvalue weighted by Crippen LogP contribution is -2.46. The first-order valence-electron chi connectivity index (χ1n) is 9.58. The fourth-order valence-corrected chi connectivity index (χ4v) is 3.96. The molecule has 1 unspecified atom stereocenters. The minimum absolute atomic E-state index is 0.0264.